The van der Waals surface area contributed by atoms with Crippen molar-refractivity contribution in [1.29, 1.82) is 0 Å². The number of nitrogens with one attached hydrogen (secondary N) is 1. The van der Waals surface area contributed by atoms with E-state index in [-0.39, 0.29) is 5.91 Å². The van der Waals surface area contributed by atoms with Crippen molar-refractivity contribution in [3.8, 4) is 0 Å². The summed E-state index contributed by atoms with van der Waals surface area (Å²) in [5.74, 6) is -0.244. The zero-order valence-electron chi connectivity index (χ0n) is 13.2. The number of halogens is 2. The molecule has 0 saturated carbocycles. The monoisotopic (exact) mass is 371 g/mol. The highest BCUT2D eigenvalue weighted by molar-refractivity contribution is 6.32. The van der Waals surface area contributed by atoms with Crippen LogP contribution >= 0.6 is 23.2 Å². The smallest absolute Gasteiger partial charge is 0.248 e. The van der Waals surface area contributed by atoms with Gasteiger partial charge in [-0.2, -0.15) is 5.10 Å². The van der Waals surface area contributed by atoms with Crippen LogP contribution < -0.4 is 5.32 Å². The van der Waals surface area contributed by atoms with Crippen molar-refractivity contribution in [2.24, 2.45) is 0 Å². The van der Waals surface area contributed by atoms with Crippen LogP contribution in [0.4, 0.5) is 5.69 Å². The summed E-state index contributed by atoms with van der Waals surface area (Å²) in [6.07, 6.45) is 6.50. The molecule has 0 unspecified atom stereocenters. The third kappa shape index (κ3) is 4.95. The zero-order chi connectivity index (χ0) is 17.6. The van der Waals surface area contributed by atoms with Crippen molar-refractivity contribution in [3.05, 3.63) is 88.2 Å². The Kier molecular flexibility index (Phi) is 5.53. The molecule has 0 aliphatic carbocycles. The van der Waals surface area contributed by atoms with Gasteiger partial charge in [0.25, 0.3) is 0 Å². The maximum absolute atomic E-state index is 12.0. The Balaban J connectivity index is 1.60. The molecule has 0 bridgehead atoms. The molecule has 1 N–H and O–H groups in total. The number of anilines is 1. The second-order valence-corrected chi connectivity index (χ2v) is 6.24. The largest absolute Gasteiger partial charge is 0.320 e. The molecule has 0 atom stereocenters. The molecule has 1 aromatic heterocycles. The standard InChI is InChI=1S/C19H15Cl2N3O/c20-16-8-5-14(6-9-16)12-24-13-17(11-22-24)23-19(25)10-7-15-3-1-2-4-18(15)21/h1-11,13H,12H2,(H,23,25)/b10-7+. The maximum atomic E-state index is 12.0. The van der Waals surface area contributed by atoms with Crippen molar-refractivity contribution < 1.29 is 4.79 Å². The molecule has 0 fully saturated rings. The van der Waals surface area contributed by atoms with Crippen molar-refractivity contribution >= 4 is 40.9 Å². The van der Waals surface area contributed by atoms with E-state index < -0.39 is 0 Å². The molecule has 1 heterocycles. The van der Waals surface area contributed by atoms with E-state index in [4.69, 9.17) is 23.2 Å². The van der Waals surface area contributed by atoms with Gasteiger partial charge in [0.05, 0.1) is 18.4 Å². The van der Waals surface area contributed by atoms with Crippen LogP contribution in [0.5, 0.6) is 0 Å². The Morgan fingerprint density at radius 3 is 2.64 bits per heavy atom. The molecule has 2 aromatic carbocycles. The van der Waals surface area contributed by atoms with Gasteiger partial charge in [0.2, 0.25) is 5.91 Å². The Morgan fingerprint density at radius 1 is 1.12 bits per heavy atom. The first-order valence-corrected chi connectivity index (χ1v) is 8.36. The summed E-state index contributed by atoms with van der Waals surface area (Å²) in [5.41, 5.74) is 2.49. The molecule has 4 nitrogen and oxygen atoms in total. The summed E-state index contributed by atoms with van der Waals surface area (Å²) in [7, 11) is 0. The number of benzene rings is 2. The molecule has 0 aliphatic heterocycles. The maximum Gasteiger partial charge on any atom is 0.248 e. The Morgan fingerprint density at radius 2 is 1.88 bits per heavy atom. The van der Waals surface area contributed by atoms with Gasteiger partial charge in [-0.15, -0.1) is 0 Å². The topological polar surface area (TPSA) is 46.9 Å². The summed E-state index contributed by atoms with van der Waals surface area (Å²) in [4.78, 5) is 12.0. The minimum Gasteiger partial charge on any atom is -0.320 e. The van der Waals surface area contributed by atoms with Gasteiger partial charge in [-0.05, 0) is 35.4 Å². The van der Waals surface area contributed by atoms with Crippen molar-refractivity contribution in [2.45, 2.75) is 6.54 Å². The Hall–Kier alpha value is -2.56. The van der Waals surface area contributed by atoms with E-state index in [0.717, 1.165) is 11.1 Å². The summed E-state index contributed by atoms with van der Waals surface area (Å²) < 4.78 is 1.75. The highest BCUT2D eigenvalue weighted by Crippen LogP contribution is 2.16. The SMILES string of the molecule is O=C(/C=C/c1ccccc1Cl)Nc1cnn(Cc2ccc(Cl)cc2)c1. The van der Waals surface area contributed by atoms with Crippen LogP contribution in [-0.2, 0) is 11.3 Å². The summed E-state index contributed by atoms with van der Waals surface area (Å²) in [6, 6.07) is 14.9. The molecule has 3 aromatic rings. The van der Waals surface area contributed by atoms with Crippen molar-refractivity contribution in [2.75, 3.05) is 5.32 Å². The third-order valence-electron chi connectivity index (χ3n) is 3.48. The van der Waals surface area contributed by atoms with E-state index in [1.165, 1.54) is 6.08 Å². The molecule has 0 spiro atoms. The highest BCUT2D eigenvalue weighted by atomic mass is 35.5. The Bertz CT molecular complexity index is 901. The second kappa shape index (κ2) is 8.01. The molecule has 126 valence electrons. The molecule has 6 heteroatoms. The molecule has 0 radical (unpaired) electrons. The number of aromatic nitrogens is 2. The minimum atomic E-state index is -0.244. The normalized spacial score (nSPS) is 11.0. The van der Waals surface area contributed by atoms with Gasteiger partial charge in [-0.1, -0.05) is 53.5 Å². The molecule has 1 amide bonds. The van der Waals surface area contributed by atoms with E-state index in [9.17, 15) is 4.79 Å². The zero-order valence-corrected chi connectivity index (χ0v) is 14.7. The predicted molar refractivity (Wildman–Crippen MR) is 102 cm³/mol. The molecule has 0 saturated heterocycles. The van der Waals surface area contributed by atoms with Crippen molar-refractivity contribution in [3.63, 3.8) is 0 Å². The lowest BCUT2D eigenvalue weighted by Gasteiger charge is -2.02. The lowest BCUT2D eigenvalue weighted by Crippen LogP contribution is -2.07. The van der Waals surface area contributed by atoms with Gasteiger partial charge < -0.3 is 5.32 Å². The van der Waals surface area contributed by atoms with Crippen LogP contribution in [0.2, 0.25) is 10.0 Å². The van der Waals surface area contributed by atoms with E-state index in [1.54, 1.807) is 29.2 Å². The van der Waals surface area contributed by atoms with Gasteiger partial charge >= 0.3 is 0 Å². The molecule has 0 aliphatic rings. The van der Waals surface area contributed by atoms with E-state index in [1.807, 2.05) is 42.5 Å². The van der Waals surface area contributed by atoms with Gasteiger partial charge in [0.15, 0.2) is 0 Å². The molecular formula is C19H15Cl2N3O. The molecule has 25 heavy (non-hydrogen) atoms. The van der Waals surface area contributed by atoms with Crippen LogP contribution in [0.25, 0.3) is 6.08 Å². The highest BCUT2D eigenvalue weighted by Gasteiger charge is 2.03. The fourth-order valence-corrected chi connectivity index (χ4v) is 2.58. The fraction of sp³-hybridized carbons (Fsp3) is 0.0526. The molecule has 3 rings (SSSR count). The van der Waals surface area contributed by atoms with E-state index >= 15 is 0 Å². The molecular weight excluding hydrogens is 357 g/mol. The first-order chi connectivity index (χ1) is 12.1. The van der Waals surface area contributed by atoms with E-state index in [0.29, 0.717) is 22.3 Å². The van der Waals surface area contributed by atoms with Gasteiger partial charge in [0, 0.05) is 22.3 Å². The number of carbonyl (C=O) groups is 1. The number of hydrogen-bond donors (Lipinski definition) is 1. The number of nitrogens with zero attached hydrogens (tertiary/aromatic N) is 2. The number of carbonyl (C=O) groups excluding carboxylic acids is 1. The van der Waals surface area contributed by atoms with Crippen LogP contribution in [0.1, 0.15) is 11.1 Å². The van der Waals surface area contributed by atoms with Crippen molar-refractivity contribution in [1.82, 2.24) is 9.78 Å². The summed E-state index contributed by atoms with van der Waals surface area (Å²) in [6.45, 7) is 0.600. The minimum absolute atomic E-state index is 0.244. The average Bonchev–Trinajstić information content (AvgIpc) is 3.03. The lowest BCUT2D eigenvalue weighted by molar-refractivity contribution is -0.111. The predicted octanol–water partition coefficient (Wildman–Crippen LogP) is 4.89. The summed E-state index contributed by atoms with van der Waals surface area (Å²) in [5, 5.41) is 8.31. The van der Waals surface area contributed by atoms with Gasteiger partial charge in [0.1, 0.15) is 0 Å². The van der Waals surface area contributed by atoms with Crippen LogP contribution in [0, 0.1) is 0 Å². The summed E-state index contributed by atoms with van der Waals surface area (Å²) >= 11 is 11.9. The third-order valence-corrected chi connectivity index (χ3v) is 4.07. The number of hydrogen-bond acceptors (Lipinski definition) is 2. The Labute approximate surface area is 155 Å². The number of amides is 1. The first-order valence-electron chi connectivity index (χ1n) is 7.61. The first kappa shape index (κ1) is 17.3. The van der Waals surface area contributed by atoms with Gasteiger partial charge in [-0.3, -0.25) is 9.48 Å². The van der Waals surface area contributed by atoms with Gasteiger partial charge in [-0.25, -0.2) is 0 Å². The fourth-order valence-electron chi connectivity index (χ4n) is 2.25. The lowest BCUT2D eigenvalue weighted by atomic mass is 10.2. The van der Waals surface area contributed by atoms with E-state index in [2.05, 4.69) is 10.4 Å². The quantitative estimate of drug-likeness (QED) is 0.649. The number of rotatable bonds is 5. The van der Waals surface area contributed by atoms with Crippen LogP contribution in [0.3, 0.4) is 0 Å². The van der Waals surface area contributed by atoms with Crippen LogP contribution in [-0.4, -0.2) is 15.7 Å². The van der Waals surface area contributed by atoms with Crippen LogP contribution in [0.15, 0.2) is 67.0 Å². The average molecular weight is 372 g/mol. The second-order valence-electron chi connectivity index (χ2n) is 5.40.